The van der Waals surface area contributed by atoms with Gasteiger partial charge in [-0.05, 0) is 32.2 Å². The lowest BCUT2D eigenvalue weighted by Crippen LogP contribution is -2.08. The third-order valence-electron chi connectivity index (χ3n) is 2.46. The summed E-state index contributed by atoms with van der Waals surface area (Å²) >= 11 is 3.05. The van der Waals surface area contributed by atoms with E-state index in [1.807, 2.05) is 32.2 Å². The lowest BCUT2D eigenvalue weighted by Gasteiger charge is -2.12. The largest absolute Gasteiger partial charge is 0.489 e. The maximum Gasteiger partial charge on any atom is 0.190 e. The average molecular weight is 322 g/mol. The summed E-state index contributed by atoms with van der Waals surface area (Å²) in [6.07, 6.45) is 3.84. The Balaban J connectivity index is 2.11. The smallest absolute Gasteiger partial charge is 0.190 e. The SMILES string of the molecule is CSc1cc(N)nc(SCc2ncccc2OC(C)C)n1. The van der Waals surface area contributed by atoms with Crippen LogP contribution in [0.25, 0.3) is 0 Å². The molecule has 21 heavy (non-hydrogen) atoms. The molecule has 2 N–H and O–H groups in total. The van der Waals surface area contributed by atoms with E-state index < -0.39 is 0 Å². The van der Waals surface area contributed by atoms with Gasteiger partial charge in [0.25, 0.3) is 0 Å². The Morgan fingerprint density at radius 2 is 2.14 bits per heavy atom. The van der Waals surface area contributed by atoms with Gasteiger partial charge in [0.15, 0.2) is 5.16 Å². The van der Waals surface area contributed by atoms with Crippen LogP contribution >= 0.6 is 23.5 Å². The topological polar surface area (TPSA) is 73.9 Å². The molecule has 2 aromatic rings. The third kappa shape index (κ3) is 4.78. The van der Waals surface area contributed by atoms with Crippen molar-refractivity contribution in [1.29, 1.82) is 0 Å². The molecule has 0 radical (unpaired) electrons. The number of ether oxygens (including phenoxy) is 1. The molecule has 0 fully saturated rings. The molecule has 0 bridgehead atoms. The highest BCUT2D eigenvalue weighted by Crippen LogP contribution is 2.27. The van der Waals surface area contributed by atoms with E-state index in [0.717, 1.165) is 16.5 Å². The summed E-state index contributed by atoms with van der Waals surface area (Å²) < 4.78 is 5.76. The van der Waals surface area contributed by atoms with Crippen LogP contribution in [-0.2, 0) is 5.75 Å². The van der Waals surface area contributed by atoms with Crippen molar-refractivity contribution in [1.82, 2.24) is 15.0 Å². The van der Waals surface area contributed by atoms with Crippen LogP contribution in [0.2, 0.25) is 0 Å². The van der Waals surface area contributed by atoms with Crippen LogP contribution in [0.15, 0.2) is 34.6 Å². The highest BCUT2D eigenvalue weighted by Gasteiger charge is 2.09. The Hall–Kier alpha value is -1.47. The van der Waals surface area contributed by atoms with E-state index in [9.17, 15) is 0 Å². The number of thioether (sulfide) groups is 2. The van der Waals surface area contributed by atoms with Crippen LogP contribution in [0, 0.1) is 0 Å². The molecular weight excluding hydrogens is 304 g/mol. The van der Waals surface area contributed by atoms with Crippen LogP contribution in [0.3, 0.4) is 0 Å². The van der Waals surface area contributed by atoms with Crippen molar-refractivity contribution in [3.05, 3.63) is 30.1 Å². The normalized spacial score (nSPS) is 10.9. The molecule has 0 atom stereocenters. The minimum Gasteiger partial charge on any atom is -0.489 e. The highest BCUT2D eigenvalue weighted by atomic mass is 32.2. The lowest BCUT2D eigenvalue weighted by atomic mass is 10.3. The monoisotopic (exact) mass is 322 g/mol. The zero-order valence-corrected chi connectivity index (χ0v) is 13.9. The van der Waals surface area contributed by atoms with Gasteiger partial charge in [-0.15, -0.1) is 11.8 Å². The molecule has 2 rings (SSSR count). The summed E-state index contributed by atoms with van der Waals surface area (Å²) in [6.45, 7) is 3.99. The number of aromatic nitrogens is 3. The number of hydrogen-bond donors (Lipinski definition) is 1. The Kier molecular flexibility index (Phi) is 5.69. The van der Waals surface area contributed by atoms with E-state index >= 15 is 0 Å². The summed E-state index contributed by atoms with van der Waals surface area (Å²) in [5.74, 6) is 1.92. The van der Waals surface area contributed by atoms with Gasteiger partial charge >= 0.3 is 0 Å². The van der Waals surface area contributed by atoms with Gasteiger partial charge in [0.1, 0.15) is 16.6 Å². The molecular formula is C14H18N4OS2. The molecule has 7 heteroatoms. The van der Waals surface area contributed by atoms with Gasteiger partial charge in [-0.3, -0.25) is 4.98 Å². The summed E-state index contributed by atoms with van der Waals surface area (Å²) in [6, 6.07) is 5.56. The number of rotatable bonds is 6. The molecule has 2 heterocycles. The highest BCUT2D eigenvalue weighted by molar-refractivity contribution is 7.99. The minimum atomic E-state index is 0.115. The number of nitrogens with two attached hydrogens (primary N) is 1. The second kappa shape index (κ2) is 7.51. The minimum absolute atomic E-state index is 0.115. The van der Waals surface area contributed by atoms with Gasteiger partial charge in [-0.1, -0.05) is 11.8 Å². The molecule has 0 amide bonds. The number of hydrogen-bond acceptors (Lipinski definition) is 7. The first-order valence-electron chi connectivity index (χ1n) is 6.50. The first-order chi connectivity index (χ1) is 10.1. The molecule has 5 nitrogen and oxygen atoms in total. The third-order valence-corrected chi connectivity index (χ3v) is 3.95. The number of pyridine rings is 1. The molecule has 112 valence electrons. The van der Waals surface area contributed by atoms with E-state index in [4.69, 9.17) is 10.5 Å². The summed E-state index contributed by atoms with van der Waals surface area (Å²) in [5, 5.41) is 1.52. The average Bonchev–Trinajstić information content (AvgIpc) is 2.45. The van der Waals surface area contributed by atoms with Crippen molar-refractivity contribution >= 4 is 29.3 Å². The molecule has 0 aliphatic rings. The second-order valence-corrected chi connectivity index (χ2v) is 6.29. The van der Waals surface area contributed by atoms with E-state index in [1.165, 1.54) is 11.8 Å². The van der Waals surface area contributed by atoms with Gasteiger partial charge in [0.05, 0.1) is 11.8 Å². The van der Waals surface area contributed by atoms with E-state index in [2.05, 4.69) is 15.0 Å². The van der Waals surface area contributed by atoms with E-state index in [0.29, 0.717) is 16.7 Å². The summed E-state index contributed by atoms with van der Waals surface area (Å²) in [5.41, 5.74) is 6.66. The molecule has 0 unspecified atom stereocenters. The first kappa shape index (κ1) is 15.9. The molecule has 0 aliphatic carbocycles. The van der Waals surface area contributed by atoms with Crippen molar-refractivity contribution in [3.8, 4) is 5.75 Å². The predicted octanol–water partition coefficient (Wildman–Crippen LogP) is 3.26. The molecule has 0 aliphatic heterocycles. The molecule has 0 aromatic carbocycles. The van der Waals surface area contributed by atoms with Crippen molar-refractivity contribution < 1.29 is 4.74 Å². The predicted molar refractivity (Wildman–Crippen MR) is 87.8 cm³/mol. The maximum atomic E-state index is 5.78. The Labute approximate surface area is 133 Å². The van der Waals surface area contributed by atoms with Crippen molar-refractivity contribution in [2.45, 2.75) is 35.9 Å². The standard InChI is InChI=1S/C14H18N4OS2/c1-9(2)19-11-5-4-6-16-10(11)8-21-14-17-12(15)7-13(18-14)20-3/h4-7,9H,8H2,1-3H3,(H2,15,17,18). The molecule has 0 spiro atoms. The second-order valence-electron chi connectivity index (χ2n) is 4.52. The Bertz CT molecular complexity index is 607. The van der Waals surface area contributed by atoms with Gasteiger partial charge in [-0.2, -0.15) is 0 Å². The van der Waals surface area contributed by atoms with E-state index in [1.54, 1.807) is 24.0 Å². The van der Waals surface area contributed by atoms with Crippen molar-refractivity contribution in [2.24, 2.45) is 0 Å². The summed E-state index contributed by atoms with van der Waals surface area (Å²) in [4.78, 5) is 13.0. The first-order valence-corrected chi connectivity index (χ1v) is 8.71. The van der Waals surface area contributed by atoms with E-state index in [-0.39, 0.29) is 6.10 Å². The van der Waals surface area contributed by atoms with Crippen LogP contribution in [0.5, 0.6) is 5.75 Å². The van der Waals surface area contributed by atoms with Gasteiger partial charge in [0.2, 0.25) is 0 Å². The molecule has 0 saturated carbocycles. The maximum absolute atomic E-state index is 5.78. The Morgan fingerprint density at radius 3 is 2.86 bits per heavy atom. The van der Waals surface area contributed by atoms with Crippen LogP contribution in [-0.4, -0.2) is 27.3 Å². The van der Waals surface area contributed by atoms with Gasteiger partial charge in [-0.25, -0.2) is 9.97 Å². The van der Waals surface area contributed by atoms with Crippen LogP contribution in [0.1, 0.15) is 19.5 Å². The zero-order valence-electron chi connectivity index (χ0n) is 12.2. The number of nitrogen functional groups attached to an aromatic ring is 1. The number of anilines is 1. The molecule has 2 aromatic heterocycles. The van der Waals surface area contributed by atoms with Crippen molar-refractivity contribution in [3.63, 3.8) is 0 Å². The van der Waals surface area contributed by atoms with Crippen LogP contribution < -0.4 is 10.5 Å². The molecule has 0 saturated heterocycles. The number of nitrogens with zero attached hydrogens (tertiary/aromatic N) is 3. The van der Waals surface area contributed by atoms with Gasteiger partial charge in [0, 0.05) is 18.0 Å². The fourth-order valence-electron chi connectivity index (χ4n) is 1.62. The fourth-order valence-corrected chi connectivity index (χ4v) is 2.91. The van der Waals surface area contributed by atoms with Crippen molar-refractivity contribution in [2.75, 3.05) is 12.0 Å². The fraction of sp³-hybridized carbons (Fsp3) is 0.357. The van der Waals surface area contributed by atoms with Gasteiger partial charge < -0.3 is 10.5 Å². The quantitative estimate of drug-likeness (QED) is 0.497. The van der Waals surface area contributed by atoms with Crippen LogP contribution in [0.4, 0.5) is 5.82 Å². The Morgan fingerprint density at radius 1 is 1.33 bits per heavy atom. The lowest BCUT2D eigenvalue weighted by molar-refractivity contribution is 0.239. The summed E-state index contributed by atoms with van der Waals surface area (Å²) in [7, 11) is 0. The zero-order chi connectivity index (χ0) is 15.2.